The Morgan fingerprint density at radius 2 is 1.77 bits per heavy atom. The fourth-order valence-corrected chi connectivity index (χ4v) is 4.16. The number of carbonyl (C=O) groups is 1. The van der Waals surface area contributed by atoms with Gasteiger partial charge in [0.2, 0.25) is 0 Å². The molecule has 3 rings (SSSR count). The first-order chi connectivity index (χ1) is 14.3. The lowest BCUT2D eigenvalue weighted by atomic mass is 10.0. The Hall–Kier alpha value is -1.73. The maximum Gasteiger partial charge on any atom is 0.251 e. The Balaban J connectivity index is 1.74. The highest BCUT2D eigenvalue weighted by molar-refractivity contribution is 7.98. The van der Waals surface area contributed by atoms with Crippen LogP contribution in [0.15, 0.2) is 47.6 Å². The third kappa shape index (κ3) is 5.49. The molecule has 1 amide bonds. The number of hydrogen-bond donors (Lipinski definition) is 1. The SMILES string of the molecule is CC(C)[C@@H](NC(=O)c1ccc(Cl)cc1)c1nnc(SCc2ccc(Cl)c(Cl)c2)n1C. The van der Waals surface area contributed by atoms with Crippen LogP contribution >= 0.6 is 46.6 Å². The van der Waals surface area contributed by atoms with E-state index < -0.39 is 0 Å². The van der Waals surface area contributed by atoms with Crippen molar-refractivity contribution in [3.8, 4) is 0 Å². The van der Waals surface area contributed by atoms with E-state index in [0.717, 1.165) is 10.7 Å². The Morgan fingerprint density at radius 3 is 2.40 bits per heavy atom. The number of benzene rings is 2. The smallest absolute Gasteiger partial charge is 0.251 e. The highest BCUT2D eigenvalue weighted by Crippen LogP contribution is 2.29. The Kier molecular flexibility index (Phi) is 7.69. The average molecular weight is 484 g/mol. The maximum absolute atomic E-state index is 12.7. The summed E-state index contributed by atoms with van der Waals surface area (Å²) in [6.45, 7) is 4.06. The van der Waals surface area contributed by atoms with Crippen LogP contribution in [0.3, 0.4) is 0 Å². The summed E-state index contributed by atoms with van der Waals surface area (Å²) in [7, 11) is 1.90. The first-order valence-corrected chi connectivity index (χ1v) is 11.4. The van der Waals surface area contributed by atoms with Gasteiger partial charge in [0.15, 0.2) is 11.0 Å². The molecule has 1 heterocycles. The molecular weight excluding hydrogens is 463 g/mol. The Morgan fingerprint density at radius 1 is 1.07 bits per heavy atom. The summed E-state index contributed by atoms with van der Waals surface area (Å²) in [5.41, 5.74) is 1.58. The molecule has 0 fully saturated rings. The molecule has 0 saturated heterocycles. The van der Waals surface area contributed by atoms with Gasteiger partial charge in [-0.1, -0.05) is 66.5 Å². The van der Waals surface area contributed by atoms with Crippen LogP contribution in [0.2, 0.25) is 15.1 Å². The standard InChI is InChI=1S/C21H21Cl3N4OS/c1-12(2)18(25-20(29)14-5-7-15(22)8-6-14)19-26-27-21(28(19)3)30-11-13-4-9-16(23)17(24)10-13/h4-10,12,18H,11H2,1-3H3,(H,25,29)/t18-/m1/s1. The molecule has 158 valence electrons. The number of nitrogens with one attached hydrogen (secondary N) is 1. The number of rotatable bonds is 7. The van der Waals surface area contributed by atoms with Crippen LogP contribution in [0, 0.1) is 5.92 Å². The molecule has 1 atom stereocenters. The molecule has 0 aliphatic heterocycles. The van der Waals surface area contributed by atoms with Gasteiger partial charge in [-0.3, -0.25) is 4.79 Å². The van der Waals surface area contributed by atoms with Crippen molar-refractivity contribution in [2.45, 2.75) is 30.8 Å². The third-order valence-electron chi connectivity index (χ3n) is 4.56. The molecule has 0 aliphatic rings. The van der Waals surface area contributed by atoms with Gasteiger partial charge < -0.3 is 9.88 Å². The van der Waals surface area contributed by atoms with Crippen LogP contribution in [0.4, 0.5) is 0 Å². The number of carbonyl (C=O) groups excluding carboxylic acids is 1. The molecular formula is C21H21Cl3N4OS. The van der Waals surface area contributed by atoms with Gasteiger partial charge in [0.25, 0.3) is 5.91 Å². The van der Waals surface area contributed by atoms with Crippen molar-refractivity contribution in [1.29, 1.82) is 0 Å². The van der Waals surface area contributed by atoms with Crippen molar-refractivity contribution in [2.75, 3.05) is 0 Å². The number of halogens is 3. The van der Waals surface area contributed by atoms with E-state index in [1.165, 1.54) is 0 Å². The summed E-state index contributed by atoms with van der Waals surface area (Å²) in [6.07, 6.45) is 0. The highest BCUT2D eigenvalue weighted by atomic mass is 35.5. The van der Waals surface area contributed by atoms with Crippen LogP contribution in [-0.4, -0.2) is 20.7 Å². The lowest BCUT2D eigenvalue weighted by Gasteiger charge is -2.21. The minimum Gasteiger partial charge on any atom is -0.342 e. The van der Waals surface area contributed by atoms with E-state index >= 15 is 0 Å². The topological polar surface area (TPSA) is 59.8 Å². The predicted molar refractivity (Wildman–Crippen MR) is 124 cm³/mol. The van der Waals surface area contributed by atoms with Crippen LogP contribution < -0.4 is 5.32 Å². The Bertz CT molecular complexity index is 1040. The van der Waals surface area contributed by atoms with Gasteiger partial charge >= 0.3 is 0 Å². The van der Waals surface area contributed by atoms with Gasteiger partial charge in [-0.15, -0.1) is 10.2 Å². The van der Waals surface area contributed by atoms with E-state index in [2.05, 4.69) is 15.5 Å². The fourth-order valence-electron chi connectivity index (χ4n) is 2.86. The highest BCUT2D eigenvalue weighted by Gasteiger charge is 2.25. The van der Waals surface area contributed by atoms with Crippen molar-refractivity contribution in [3.63, 3.8) is 0 Å². The van der Waals surface area contributed by atoms with Crippen LogP contribution in [0.25, 0.3) is 0 Å². The zero-order valence-corrected chi connectivity index (χ0v) is 19.8. The summed E-state index contributed by atoms with van der Waals surface area (Å²) in [4.78, 5) is 12.7. The van der Waals surface area contributed by atoms with Crippen molar-refractivity contribution in [3.05, 3.63) is 74.5 Å². The molecule has 0 bridgehead atoms. The normalized spacial score (nSPS) is 12.2. The van der Waals surface area contributed by atoms with E-state index in [1.807, 2.05) is 37.6 Å². The van der Waals surface area contributed by atoms with Crippen molar-refractivity contribution in [2.24, 2.45) is 13.0 Å². The van der Waals surface area contributed by atoms with Crippen molar-refractivity contribution < 1.29 is 4.79 Å². The second-order valence-electron chi connectivity index (χ2n) is 7.14. The van der Waals surface area contributed by atoms with E-state index in [4.69, 9.17) is 34.8 Å². The van der Waals surface area contributed by atoms with E-state index in [-0.39, 0.29) is 17.9 Å². The van der Waals surface area contributed by atoms with Gasteiger partial charge in [-0.2, -0.15) is 0 Å². The summed E-state index contributed by atoms with van der Waals surface area (Å²) >= 11 is 19.5. The maximum atomic E-state index is 12.7. The first-order valence-electron chi connectivity index (χ1n) is 9.28. The molecule has 0 radical (unpaired) electrons. The van der Waals surface area contributed by atoms with Crippen molar-refractivity contribution >= 4 is 52.5 Å². The molecule has 1 N–H and O–H groups in total. The molecule has 1 aromatic heterocycles. The second-order valence-corrected chi connectivity index (χ2v) is 9.33. The zero-order valence-electron chi connectivity index (χ0n) is 16.7. The van der Waals surface area contributed by atoms with Crippen LogP contribution in [0.1, 0.15) is 41.6 Å². The lowest BCUT2D eigenvalue weighted by molar-refractivity contribution is 0.0922. The molecule has 0 spiro atoms. The largest absolute Gasteiger partial charge is 0.342 e. The van der Waals surface area contributed by atoms with Gasteiger partial charge in [0.1, 0.15) is 0 Å². The summed E-state index contributed by atoms with van der Waals surface area (Å²) in [5, 5.41) is 14.1. The predicted octanol–water partition coefficient (Wildman–Crippen LogP) is 6.19. The van der Waals surface area contributed by atoms with Gasteiger partial charge in [0, 0.05) is 23.4 Å². The van der Waals surface area contributed by atoms with Gasteiger partial charge in [-0.05, 0) is 47.9 Å². The lowest BCUT2D eigenvalue weighted by Crippen LogP contribution is -2.33. The Labute approximate surface area is 195 Å². The van der Waals surface area contributed by atoms with E-state index in [9.17, 15) is 4.79 Å². The first kappa shape index (κ1) is 22.9. The number of nitrogens with zero attached hydrogens (tertiary/aromatic N) is 3. The average Bonchev–Trinajstić information content (AvgIpc) is 3.07. The quantitative estimate of drug-likeness (QED) is 0.407. The summed E-state index contributed by atoms with van der Waals surface area (Å²) in [5.74, 6) is 1.31. The summed E-state index contributed by atoms with van der Waals surface area (Å²) < 4.78 is 1.91. The molecule has 0 unspecified atom stereocenters. The van der Waals surface area contributed by atoms with Crippen molar-refractivity contribution in [1.82, 2.24) is 20.1 Å². The second kappa shape index (κ2) is 10.1. The number of aromatic nitrogens is 3. The fraction of sp³-hybridized carbons (Fsp3) is 0.286. The van der Waals surface area contributed by atoms with E-state index in [1.54, 1.807) is 42.1 Å². The molecule has 5 nitrogen and oxygen atoms in total. The van der Waals surface area contributed by atoms with Crippen LogP contribution in [0.5, 0.6) is 0 Å². The molecule has 2 aromatic carbocycles. The monoisotopic (exact) mass is 482 g/mol. The minimum atomic E-state index is -0.287. The number of hydrogen-bond acceptors (Lipinski definition) is 4. The zero-order chi connectivity index (χ0) is 21.8. The third-order valence-corrected chi connectivity index (χ3v) is 6.64. The molecule has 0 saturated carbocycles. The summed E-state index contributed by atoms with van der Waals surface area (Å²) in [6, 6.07) is 12.1. The molecule has 0 aliphatic carbocycles. The molecule has 9 heteroatoms. The minimum absolute atomic E-state index is 0.122. The van der Waals surface area contributed by atoms with Gasteiger partial charge in [-0.25, -0.2) is 0 Å². The molecule has 3 aromatic rings. The van der Waals surface area contributed by atoms with Gasteiger partial charge in [0.05, 0.1) is 16.1 Å². The van der Waals surface area contributed by atoms with Crippen LogP contribution in [-0.2, 0) is 12.8 Å². The number of amides is 1. The number of thioether (sulfide) groups is 1. The molecule has 30 heavy (non-hydrogen) atoms. The van der Waals surface area contributed by atoms with E-state index in [0.29, 0.717) is 32.2 Å².